The van der Waals surface area contributed by atoms with Crippen molar-refractivity contribution < 1.29 is 9.90 Å². The summed E-state index contributed by atoms with van der Waals surface area (Å²) in [6.45, 7) is 0. The van der Waals surface area contributed by atoms with Gasteiger partial charge < -0.3 is 5.11 Å². The van der Waals surface area contributed by atoms with Gasteiger partial charge in [0, 0.05) is 11.8 Å². The minimum Gasteiger partial charge on any atom is -0.478 e. The number of nitrogens with zero attached hydrogens (tertiary/aromatic N) is 3. The molecule has 0 bridgehead atoms. The van der Waals surface area contributed by atoms with Crippen LogP contribution in [0.15, 0.2) is 42.6 Å². The first-order valence-corrected chi connectivity index (χ1v) is 5.88. The molecule has 1 aromatic carbocycles. The Morgan fingerprint density at radius 2 is 1.95 bits per heavy atom. The lowest BCUT2D eigenvalue weighted by Gasteiger charge is -2.04. The average molecular weight is 274 g/mol. The maximum atomic E-state index is 11.2. The van der Waals surface area contributed by atoms with Crippen LogP contribution in [0.2, 0.25) is 5.02 Å². The summed E-state index contributed by atoms with van der Waals surface area (Å²) < 4.78 is 1.67. The number of aromatic carboxylic acids is 1. The maximum absolute atomic E-state index is 11.2. The first-order chi connectivity index (χ1) is 9.18. The van der Waals surface area contributed by atoms with E-state index in [1.807, 2.05) is 0 Å². The molecule has 0 saturated carbocycles. The van der Waals surface area contributed by atoms with Crippen LogP contribution in [0.25, 0.3) is 17.0 Å². The Labute approximate surface area is 113 Å². The Bertz CT molecular complexity index is 782. The van der Waals surface area contributed by atoms with Gasteiger partial charge >= 0.3 is 5.97 Å². The number of hydrogen-bond acceptors (Lipinski definition) is 3. The highest BCUT2D eigenvalue weighted by Gasteiger charge is 2.16. The average Bonchev–Trinajstić information content (AvgIpc) is 2.84. The van der Waals surface area contributed by atoms with Gasteiger partial charge in [-0.15, -0.1) is 10.2 Å². The number of rotatable bonds is 2. The summed E-state index contributed by atoms with van der Waals surface area (Å²) in [7, 11) is 0. The van der Waals surface area contributed by atoms with Crippen LogP contribution in [0.1, 0.15) is 10.4 Å². The molecule has 0 fully saturated rings. The number of hydrogen-bond donors (Lipinski definition) is 1. The van der Waals surface area contributed by atoms with Gasteiger partial charge in [0.25, 0.3) is 0 Å². The lowest BCUT2D eigenvalue weighted by molar-refractivity contribution is 0.0697. The standard InChI is InChI=1S/C13H8ClN3O2/c14-10-6-3-7-17-11(15-16-12(10)17)8-4-1-2-5-9(8)13(18)19/h1-7H,(H,18,19). The molecular weight excluding hydrogens is 266 g/mol. The lowest BCUT2D eigenvalue weighted by Crippen LogP contribution is -2.01. The molecule has 6 heteroatoms. The molecule has 2 aromatic heterocycles. The Balaban J connectivity index is 2.32. The molecule has 0 aliphatic rings. The predicted molar refractivity (Wildman–Crippen MR) is 70.4 cm³/mol. The predicted octanol–water partition coefficient (Wildman–Crippen LogP) is 2.75. The van der Waals surface area contributed by atoms with Gasteiger partial charge in [-0.25, -0.2) is 4.79 Å². The van der Waals surface area contributed by atoms with Gasteiger partial charge in [-0.3, -0.25) is 4.40 Å². The zero-order chi connectivity index (χ0) is 13.4. The summed E-state index contributed by atoms with van der Waals surface area (Å²) in [5.41, 5.74) is 1.18. The van der Waals surface area contributed by atoms with E-state index < -0.39 is 5.97 Å². The number of carbonyl (C=O) groups is 1. The Morgan fingerprint density at radius 3 is 2.74 bits per heavy atom. The van der Waals surface area contributed by atoms with Gasteiger partial charge in [0.15, 0.2) is 11.5 Å². The molecule has 3 rings (SSSR count). The monoisotopic (exact) mass is 273 g/mol. The number of carboxylic acid groups (broad SMARTS) is 1. The topological polar surface area (TPSA) is 67.5 Å². The molecular formula is C13H8ClN3O2. The second kappa shape index (κ2) is 4.37. The SMILES string of the molecule is O=C(O)c1ccccc1-c1nnc2c(Cl)cccn12. The van der Waals surface area contributed by atoms with E-state index >= 15 is 0 Å². The molecule has 0 spiro atoms. The number of fused-ring (bicyclic) bond motifs is 1. The Kier molecular flexibility index (Phi) is 2.68. The van der Waals surface area contributed by atoms with Gasteiger partial charge in [-0.1, -0.05) is 29.8 Å². The van der Waals surface area contributed by atoms with Crippen molar-refractivity contribution in [1.82, 2.24) is 14.6 Å². The minimum absolute atomic E-state index is 0.178. The molecule has 0 radical (unpaired) electrons. The van der Waals surface area contributed by atoms with Gasteiger partial charge in [-0.05, 0) is 18.2 Å². The highest BCUT2D eigenvalue weighted by Crippen LogP contribution is 2.25. The highest BCUT2D eigenvalue weighted by molar-refractivity contribution is 6.33. The fraction of sp³-hybridized carbons (Fsp3) is 0. The van der Waals surface area contributed by atoms with Crippen LogP contribution in [0.3, 0.4) is 0 Å². The van der Waals surface area contributed by atoms with Crippen molar-refractivity contribution in [2.24, 2.45) is 0 Å². The molecule has 2 heterocycles. The summed E-state index contributed by atoms with van der Waals surface area (Å²) in [6, 6.07) is 10.1. The van der Waals surface area contributed by atoms with Crippen molar-refractivity contribution in [2.75, 3.05) is 0 Å². The minimum atomic E-state index is -1.01. The zero-order valence-corrected chi connectivity index (χ0v) is 10.4. The first kappa shape index (κ1) is 11.7. The fourth-order valence-corrected chi connectivity index (χ4v) is 2.13. The molecule has 1 N–H and O–H groups in total. The van der Waals surface area contributed by atoms with Gasteiger partial charge in [0.05, 0.1) is 10.6 Å². The highest BCUT2D eigenvalue weighted by atomic mass is 35.5. The van der Waals surface area contributed by atoms with E-state index in [4.69, 9.17) is 11.6 Å². The summed E-state index contributed by atoms with van der Waals surface area (Å²) in [4.78, 5) is 11.2. The van der Waals surface area contributed by atoms with Crippen LogP contribution in [0.5, 0.6) is 0 Å². The van der Waals surface area contributed by atoms with Crippen molar-refractivity contribution in [3.63, 3.8) is 0 Å². The van der Waals surface area contributed by atoms with Gasteiger partial charge in [-0.2, -0.15) is 0 Å². The van der Waals surface area contributed by atoms with E-state index in [-0.39, 0.29) is 5.56 Å². The third kappa shape index (κ3) is 1.84. The first-order valence-electron chi connectivity index (χ1n) is 5.50. The largest absolute Gasteiger partial charge is 0.478 e. The van der Waals surface area contributed by atoms with Crippen LogP contribution >= 0.6 is 11.6 Å². The second-order valence-corrected chi connectivity index (χ2v) is 4.33. The molecule has 3 aromatic rings. The van der Waals surface area contributed by atoms with E-state index in [1.165, 1.54) is 6.07 Å². The molecule has 0 aliphatic carbocycles. The van der Waals surface area contributed by atoms with Crippen molar-refractivity contribution >= 4 is 23.2 Å². The van der Waals surface area contributed by atoms with Crippen LogP contribution < -0.4 is 0 Å². The smallest absolute Gasteiger partial charge is 0.336 e. The number of carboxylic acids is 1. The number of pyridine rings is 1. The Morgan fingerprint density at radius 1 is 1.16 bits per heavy atom. The molecule has 0 amide bonds. The quantitative estimate of drug-likeness (QED) is 0.779. The van der Waals surface area contributed by atoms with Crippen molar-refractivity contribution in [1.29, 1.82) is 0 Å². The summed E-state index contributed by atoms with van der Waals surface area (Å²) in [5, 5.41) is 17.7. The zero-order valence-electron chi connectivity index (χ0n) is 9.62. The van der Waals surface area contributed by atoms with Crippen LogP contribution in [-0.4, -0.2) is 25.7 Å². The number of aromatic nitrogens is 3. The van der Waals surface area contributed by atoms with E-state index in [9.17, 15) is 9.90 Å². The second-order valence-electron chi connectivity index (χ2n) is 3.92. The summed E-state index contributed by atoms with van der Waals surface area (Å²) >= 11 is 6.02. The third-order valence-electron chi connectivity index (χ3n) is 2.79. The maximum Gasteiger partial charge on any atom is 0.336 e. The van der Waals surface area contributed by atoms with Crippen LogP contribution in [0, 0.1) is 0 Å². The van der Waals surface area contributed by atoms with E-state index in [0.29, 0.717) is 22.1 Å². The summed E-state index contributed by atoms with van der Waals surface area (Å²) in [6.07, 6.45) is 1.75. The number of benzene rings is 1. The molecule has 0 saturated heterocycles. The van der Waals surface area contributed by atoms with E-state index in [2.05, 4.69) is 10.2 Å². The lowest BCUT2D eigenvalue weighted by atomic mass is 10.1. The fourth-order valence-electron chi connectivity index (χ4n) is 1.93. The number of halogens is 1. The van der Waals surface area contributed by atoms with Gasteiger partial charge in [0.2, 0.25) is 0 Å². The van der Waals surface area contributed by atoms with Gasteiger partial charge in [0.1, 0.15) is 0 Å². The van der Waals surface area contributed by atoms with Crippen molar-refractivity contribution in [2.45, 2.75) is 0 Å². The molecule has 5 nitrogen and oxygen atoms in total. The van der Waals surface area contributed by atoms with Crippen molar-refractivity contribution in [3.05, 3.63) is 53.2 Å². The molecule has 19 heavy (non-hydrogen) atoms. The normalized spacial score (nSPS) is 10.8. The molecule has 0 atom stereocenters. The Hall–Kier alpha value is -2.40. The molecule has 0 unspecified atom stereocenters. The molecule has 94 valence electrons. The van der Waals surface area contributed by atoms with Crippen LogP contribution in [0.4, 0.5) is 0 Å². The van der Waals surface area contributed by atoms with E-state index in [1.54, 1.807) is 40.9 Å². The van der Waals surface area contributed by atoms with Crippen molar-refractivity contribution in [3.8, 4) is 11.4 Å². The summed E-state index contributed by atoms with van der Waals surface area (Å²) in [5.74, 6) is -0.551. The van der Waals surface area contributed by atoms with Crippen LogP contribution in [-0.2, 0) is 0 Å². The van der Waals surface area contributed by atoms with E-state index in [0.717, 1.165) is 0 Å². The third-order valence-corrected chi connectivity index (χ3v) is 3.08. The molecule has 0 aliphatic heterocycles.